The number of ether oxygens (including phenoxy) is 1. The zero-order valence-corrected chi connectivity index (χ0v) is 18.2. The van der Waals surface area contributed by atoms with Crippen LogP contribution in [0, 0.1) is 0 Å². The number of halogens is 1. The molecular formula is C21H25BrN2O2S. The van der Waals surface area contributed by atoms with Gasteiger partial charge in [0.05, 0.1) is 17.3 Å². The lowest BCUT2D eigenvalue weighted by atomic mass is 9.97. The molecule has 4 nitrogen and oxygen atoms in total. The van der Waals surface area contributed by atoms with E-state index in [0.717, 1.165) is 53.8 Å². The Morgan fingerprint density at radius 1 is 1.41 bits per heavy atom. The maximum atomic E-state index is 11.5. The second-order valence-electron chi connectivity index (χ2n) is 6.87. The molecule has 0 saturated carbocycles. The molecule has 0 amide bonds. The van der Waals surface area contributed by atoms with Crippen molar-refractivity contribution < 1.29 is 9.53 Å². The van der Waals surface area contributed by atoms with Crippen molar-refractivity contribution in [1.29, 1.82) is 0 Å². The molecule has 0 N–H and O–H groups in total. The zero-order valence-electron chi connectivity index (χ0n) is 15.8. The largest absolute Gasteiger partial charge is 0.463 e. The SMILES string of the molecule is CCOC(=O)C=C(C)CN1CCC(c2nc(-c3cccc(Br)c3)cs2)CC1. The van der Waals surface area contributed by atoms with E-state index in [-0.39, 0.29) is 5.97 Å². The molecule has 0 atom stereocenters. The van der Waals surface area contributed by atoms with Gasteiger partial charge in [0.25, 0.3) is 0 Å². The third-order valence-electron chi connectivity index (χ3n) is 4.70. The van der Waals surface area contributed by atoms with Crippen LogP contribution in [-0.2, 0) is 9.53 Å². The Bertz CT molecular complexity index is 810. The van der Waals surface area contributed by atoms with Crippen molar-refractivity contribution in [2.24, 2.45) is 0 Å². The molecular weight excluding hydrogens is 424 g/mol. The van der Waals surface area contributed by atoms with Crippen LogP contribution in [0.2, 0.25) is 0 Å². The highest BCUT2D eigenvalue weighted by molar-refractivity contribution is 9.10. The minimum absolute atomic E-state index is 0.243. The Labute approximate surface area is 173 Å². The Kier molecular flexibility index (Phi) is 7.21. The number of carbonyl (C=O) groups excluding carboxylic acids is 1. The number of nitrogens with zero attached hydrogens (tertiary/aromatic N) is 2. The van der Waals surface area contributed by atoms with Gasteiger partial charge in [0.2, 0.25) is 0 Å². The van der Waals surface area contributed by atoms with Crippen LogP contribution in [-0.4, -0.2) is 42.1 Å². The van der Waals surface area contributed by atoms with Gasteiger partial charge in [-0.25, -0.2) is 9.78 Å². The van der Waals surface area contributed by atoms with E-state index in [0.29, 0.717) is 12.5 Å². The van der Waals surface area contributed by atoms with Gasteiger partial charge in [0.1, 0.15) is 0 Å². The molecule has 6 heteroatoms. The van der Waals surface area contributed by atoms with Crippen molar-refractivity contribution in [3.63, 3.8) is 0 Å². The van der Waals surface area contributed by atoms with Gasteiger partial charge in [-0.2, -0.15) is 0 Å². The summed E-state index contributed by atoms with van der Waals surface area (Å²) < 4.78 is 6.06. The van der Waals surface area contributed by atoms with Crippen LogP contribution in [0.4, 0.5) is 0 Å². The molecule has 2 aromatic rings. The first-order chi connectivity index (χ1) is 13.0. The fourth-order valence-electron chi connectivity index (χ4n) is 3.38. The number of benzene rings is 1. The first kappa shape index (κ1) is 20.2. The van der Waals surface area contributed by atoms with Gasteiger partial charge in [-0.1, -0.05) is 33.6 Å². The molecule has 1 aliphatic rings. The lowest BCUT2D eigenvalue weighted by Crippen LogP contribution is -2.34. The summed E-state index contributed by atoms with van der Waals surface area (Å²) in [5.41, 5.74) is 3.27. The highest BCUT2D eigenvalue weighted by Crippen LogP contribution is 2.33. The van der Waals surface area contributed by atoms with Crippen molar-refractivity contribution in [2.45, 2.75) is 32.6 Å². The van der Waals surface area contributed by atoms with E-state index in [1.165, 1.54) is 5.01 Å². The quantitative estimate of drug-likeness (QED) is 0.446. The van der Waals surface area contributed by atoms with E-state index in [1.54, 1.807) is 17.4 Å². The summed E-state index contributed by atoms with van der Waals surface area (Å²) in [7, 11) is 0. The monoisotopic (exact) mass is 448 g/mol. The zero-order chi connectivity index (χ0) is 19.2. The molecule has 1 fully saturated rings. The van der Waals surface area contributed by atoms with Gasteiger partial charge in [-0.15, -0.1) is 11.3 Å². The summed E-state index contributed by atoms with van der Waals surface area (Å²) in [6.07, 6.45) is 3.83. The van der Waals surface area contributed by atoms with Crippen LogP contribution < -0.4 is 0 Å². The first-order valence-electron chi connectivity index (χ1n) is 9.32. The van der Waals surface area contributed by atoms with Crippen molar-refractivity contribution in [3.8, 4) is 11.3 Å². The first-order valence-corrected chi connectivity index (χ1v) is 11.0. The van der Waals surface area contributed by atoms with Gasteiger partial charge >= 0.3 is 5.97 Å². The molecule has 0 unspecified atom stereocenters. The molecule has 1 aliphatic heterocycles. The Morgan fingerprint density at radius 2 is 2.19 bits per heavy atom. The lowest BCUT2D eigenvalue weighted by molar-refractivity contribution is -0.137. The van der Waals surface area contributed by atoms with E-state index in [4.69, 9.17) is 9.72 Å². The van der Waals surface area contributed by atoms with Crippen molar-refractivity contribution in [2.75, 3.05) is 26.2 Å². The summed E-state index contributed by atoms with van der Waals surface area (Å²) in [4.78, 5) is 18.9. The summed E-state index contributed by atoms with van der Waals surface area (Å²) in [5.74, 6) is 0.286. The summed E-state index contributed by atoms with van der Waals surface area (Å²) >= 11 is 5.30. The fraction of sp³-hybridized carbons (Fsp3) is 0.429. The van der Waals surface area contributed by atoms with Gasteiger partial charge in [0.15, 0.2) is 0 Å². The molecule has 3 rings (SSSR count). The lowest BCUT2D eigenvalue weighted by Gasteiger charge is -2.31. The van der Waals surface area contributed by atoms with Gasteiger partial charge < -0.3 is 4.74 Å². The molecule has 144 valence electrons. The van der Waals surface area contributed by atoms with Gasteiger partial charge in [-0.3, -0.25) is 4.90 Å². The number of esters is 1. The van der Waals surface area contributed by atoms with Crippen molar-refractivity contribution in [3.05, 3.63) is 50.8 Å². The molecule has 1 saturated heterocycles. The van der Waals surface area contributed by atoms with E-state index >= 15 is 0 Å². The minimum Gasteiger partial charge on any atom is -0.463 e. The Morgan fingerprint density at radius 3 is 2.89 bits per heavy atom. The van der Waals surface area contributed by atoms with Crippen LogP contribution in [0.5, 0.6) is 0 Å². The average molecular weight is 449 g/mol. The number of carbonyl (C=O) groups is 1. The molecule has 0 radical (unpaired) electrons. The number of hydrogen-bond donors (Lipinski definition) is 0. The molecule has 0 spiro atoms. The molecule has 0 bridgehead atoms. The van der Waals surface area contributed by atoms with Crippen LogP contribution in [0.25, 0.3) is 11.3 Å². The highest BCUT2D eigenvalue weighted by Gasteiger charge is 2.23. The van der Waals surface area contributed by atoms with Crippen molar-refractivity contribution >= 4 is 33.2 Å². The third kappa shape index (κ3) is 5.74. The predicted octanol–water partition coefficient (Wildman–Crippen LogP) is 5.26. The van der Waals surface area contributed by atoms with Crippen molar-refractivity contribution in [1.82, 2.24) is 9.88 Å². The van der Waals surface area contributed by atoms with Crippen LogP contribution in [0.3, 0.4) is 0 Å². The van der Waals surface area contributed by atoms with Crippen LogP contribution in [0.1, 0.15) is 37.6 Å². The second-order valence-corrected chi connectivity index (χ2v) is 8.68. The standard InChI is InChI=1S/C21H25BrN2O2S/c1-3-26-20(25)11-15(2)13-24-9-7-16(8-10-24)21-23-19(14-27-21)17-5-4-6-18(22)12-17/h4-6,11-12,14,16H,3,7-10,13H2,1-2H3. The molecule has 1 aromatic carbocycles. The number of thiazole rings is 1. The molecule has 0 aliphatic carbocycles. The van der Waals surface area contributed by atoms with E-state index in [1.807, 2.05) is 26.0 Å². The second kappa shape index (κ2) is 9.62. The van der Waals surface area contributed by atoms with Gasteiger partial charge in [-0.05, 0) is 51.9 Å². The van der Waals surface area contributed by atoms with E-state index in [2.05, 4.69) is 38.3 Å². The number of piperidine rings is 1. The molecule has 1 aromatic heterocycles. The smallest absolute Gasteiger partial charge is 0.330 e. The number of likely N-dealkylation sites (tertiary alicyclic amines) is 1. The maximum Gasteiger partial charge on any atom is 0.330 e. The number of rotatable bonds is 6. The molecule has 2 heterocycles. The van der Waals surface area contributed by atoms with E-state index in [9.17, 15) is 4.79 Å². The van der Waals surface area contributed by atoms with Crippen LogP contribution >= 0.6 is 27.3 Å². The van der Waals surface area contributed by atoms with E-state index < -0.39 is 0 Å². The number of aromatic nitrogens is 1. The minimum atomic E-state index is -0.243. The summed E-state index contributed by atoms with van der Waals surface area (Å²) in [5, 5.41) is 3.40. The van der Waals surface area contributed by atoms with Crippen LogP contribution in [0.15, 0.2) is 45.8 Å². The highest BCUT2D eigenvalue weighted by atomic mass is 79.9. The normalized spacial score (nSPS) is 16.5. The fourth-order valence-corrected chi connectivity index (χ4v) is 4.78. The Balaban J connectivity index is 1.54. The average Bonchev–Trinajstić information content (AvgIpc) is 3.12. The maximum absolute atomic E-state index is 11.5. The third-order valence-corrected chi connectivity index (χ3v) is 6.20. The Hall–Kier alpha value is -1.50. The summed E-state index contributed by atoms with van der Waals surface area (Å²) in [6.45, 7) is 7.13. The predicted molar refractivity (Wildman–Crippen MR) is 114 cm³/mol. The molecule has 27 heavy (non-hydrogen) atoms. The number of hydrogen-bond acceptors (Lipinski definition) is 5. The summed E-state index contributed by atoms with van der Waals surface area (Å²) in [6, 6.07) is 8.29. The van der Waals surface area contributed by atoms with Gasteiger partial charge in [0, 0.05) is 34.0 Å². The topological polar surface area (TPSA) is 42.4 Å².